The molecule has 2 atom stereocenters. The summed E-state index contributed by atoms with van der Waals surface area (Å²) in [5.74, 6) is -1.93. The van der Waals surface area contributed by atoms with E-state index in [4.69, 9.17) is 14.2 Å². The SMILES string of the molecule is COC(=O)[C@@H]1CCC2=COCC3=C(C(=O)CC3)[C@@]21C(=O)OC. The van der Waals surface area contributed by atoms with Crippen LogP contribution in [0.3, 0.4) is 0 Å². The number of fused-ring (bicyclic) bond motifs is 2. The number of carbonyl (C=O) groups excluding carboxylic acids is 3. The summed E-state index contributed by atoms with van der Waals surface area (Å²) in [5.41, 5.74) is 0.449. The van der Waals surface area contributed by atoms with Crippen molar-refractivity contribution in [2.75, 3.05) is 20.8 Å². The molecule has 0 aromatic carbocycles. The maximum absolute atomic E-state index is 12.7. The molecule has 1 aliphatic heterocycles. The lowest BCUT2D eigenvalue weighted by molar-refractivity contribution is -0.160. The summed E-state index contributed by atoms with van der Waals surface area (Å²) in [7, 11) is 2.56. The van der Waals surface area contributed by atoms with E-state index in [-0.39, 0.29) is 12.4 Å². The quantitative estimate of drug-likeness (QED) is 0.716. The van der Waals surface area contributed by atoms with E-state index in [0.717, 1.165) is 5.57 Å². The van der Waals surface area contributed by atoms with Crippen LogP contribution in [0, 0.1) is 11.3 Å². The first-order chi connectivity index (χ1) is 10.6. The smallest absolute Gasteiger partial charge is 0.321 e. The average Bonchev–Trinajstić information content (AvgIpc) is 3.03. The van der Waals surface area contributed by atoms with E-state index < -0.39 is 23.3 Å². The lowest BCUT2D eigenvalue weighted by Gasteiger charge is -2.33. The second kappa shape index (κ2) is 5.26. The lowest BCUT2D eigenvalue weighted by atomic mass is 9.68. The highest BCUT2D eigenvalue weighted by atomic mass is 16.5. The van der Waals surface area contributed by atoms with E-state index in [9.17, 15) is 14.4 Å². The van der Waals surface area contributed by atoms with Gasteiger partial charge in [-0.2, -0.15) is 0 Å². The Balaban J connectivity index is 2.27. The zero-order chi connectivity index (χ0) is 15.9. The molecule has 0 unspecified atom stereocenters. The predicted molar refractivity (Wildman–Crippen MR) is 74.5 cm³/mol. The standard InChI is InChI=1S/C16H18O6/c1-20-14(18)11-5-4-10-8-22-7-9-3-6-12(17)13(9)16(10,11)15(19)21-2/h8,11H,3-7H2,1-2H3/t11-,16+/m0/s1. The van der Waals surface area contributed by atoms with Gasteiger partial charge in [0.25, 0.3) is 0 Å². The van der Waals surface area contributed by atoms with Gasteiger partial charge in [-0.25, -0.2) is 0 Å². The molecule has 6 nitrogen and oxygen atoms in total. The number of rotatable bonds is 2. The summed E-state index contributed by atoms with van der Waals surface area (Å²) in [5, 5.41) is 0. The molecule has 0 N–H and O–H groups in total. The molecule has 1 saturated carbocycles. The summed E-state index contributed by atoms with van der Waals surface area (Å²) in [6.07, 6.45) is 3.35. The number of carbonyl (C=O) groups is 3. The second-order valence-electron chi connectivity index (χ2n) is 5.77. The molecular formula is C16H18O6. The van der Waals surface area contributed by atoms with Crippen molar-refractivity contribution in [3.8, 4) is 0 Å². The van der Waals surface area contributed by atoms with Crippen LogP contribution in [0.2, 0.25) is 0 Å². The fraction of sp³-hybridized carbons (Fsp3) is 0.562. The van der Waals surface area contributed by atoms with Crippen molar-refractivity contribution < 1.29 is 28.6 Å². The van der Waals surface area contributed by atoms with Gasteiger partial charge in [-0.3, -0.25) is 14.4 Å². The number of methoxy groups -OCH3 is 2. The second-order valence-corrected chi connectivity index (χ2v) is 5.77. The van der Waals surface area contributed by atoms with E-state index >= 15 is 0 Å². The summed E-state index contributed by atoms with van der Waals surface area (Å²) in [6, 6.07) is 0. The molecule has 0 aromatic rings. The summed E-state index contributed by atoms with van der Waals surface area (Å²) < 4.78 is 15.4. The Morgan fingerprint density at radius 2 is 2.00 bits per heavy atom. The molecule has 0 amide bonds. The highest BCUT2D eigenvalue weighted by Crippen LogP contribution is 2.57. The Labute approximate surface area is 128 Å². The first kappa shape index (κ1) is 14.8. The van der Waals surface area contributed by atoms with Crippen LogP contribution < -0.4 is 0 Å². The third-order valence-electron chi connectivity index (χ3n) is 4.89. The van der Waals surface area contributed by atoms with Gasteiger partial charge in [0, 0.05) is 12.0 Å². The molecule has 0 aromatic heterocycles. The van der Waals surface area contributed by atoms with Crippen molar-refractivity contribution in [3.05, 3.63) is 23.0 Å². The largest absolute Gasteiger partial charge is 0.497 e. The van der Waals surface area contributed by atoms with Crippen LogP contribution in [0.4, 0.5) is 0 Å². The van der Waals surface area contributed by atoms with Crippen molar-refractivity contribution in [2.24, 2.45) is 11.3 Å². The number of hydrogen-bond acceptors (Lipinski definition) is 6. The van der Waals surface area contributed by atoms with Gasteiger partial charge in [0.15, 0.2) is 5.78 Å². The zero-order valence-corrected chi connectivity index (χ0v) is 12.6. The van der Waals surface area contributed by atoms with Crippen LogP contribution in [0.15, 0.2) is 23.0 Å². The Bertz CT molecular complexity index is 614. The molecule has 22 heavy (non-hydrogen) atoms. The first-order valence-electron chi connectivity index (χ1n) is 7.30. The first-order valence-corrected chi connectivity index (χ1v) is 7.30. The van der Waals surface area contributed by atoms with Crippen molar-refractivity contribution in [3.63, 3.8) is 0 Å². The van der Waals surface area contributed by atoms with Crippen LogP contribution in [-0.4, -0.2) is 38.5 Å². The van der Waals surface area contributed by atoms with Crippen molar-refractivity contribution in [1.82, 2.24) is 0 Å². The molecular weight excluding hydrogens is 288 g/mol. The number of esters is 2. The van der Waals surface area contributed by atoms with Crippen LogP contribution in [0.5, 0.6) is 0 Å². The van der Waals surface area contributed by atoms with Crippen LogP contribution in [-0.2, 0) is 28.6 Å². The Hall–Kier alpha value is -2.11. The zero-order valence-electron chi connectivity index (χ0n) is 12.6. The maximum Gasteiger partial charge on any atom is 0.321 e. The van der Waals surface area contributed by atoms with Gasteiger partial charge in [0.05, 0.1) is 26.4 Å². The number of hydrogen-bond donors (Lipinski definition) is 0. The third-order valence-corrected chi connectivity index (χ3v) is 4.89. The minimum Gasteiger partial charge on any atom is -0.497 e. The molecule has 3 aliphatic rings. The van der Waals surface area contributed by atoms with Crippen molar-refractivity contribution in [1.29, 1.82) is 0 Å². The highest BCUT2D eigenvalue weighted by molar-refractivity contribution is 6.09. The predicted octanol–water partition coefficient (Wildman–Crippen LogP) is 1.30. The van der Waals surface area contributed by atoms with Crippen molar-refractivity contribution in [2.45, 2.75) is 25.7 Å². The van der Waals surface area contributed by atoms with Crippen LogP contribution in [0.25, 0.3) is 0 Å². The normalized spacial score (nSPS) is 30.0. The van der Waals surface area contributed by atoms with Crippen molar-refractivity contribution >= 4 is 17.7 Å². The van der Waals surface area contributed by atoms with Gasteiger partial charge in [-0.1, -0.05) is 0 Å². The lowest BCUT2D eigenvalue weighted by Crippen LogP contribution is -2.44. The highest BCUT2D eigenvalue weighted by Gasteiger charge is 2.62. The van der Waals surface area contributed by atoms with E-state index in [1.54, 1.807) is 0 Å². The Morgan fingerprint density at radius 3 is 2.68 bits per heavy atom. The molecule has 6 heteroatoms. The van der Waals surface area contributed by atoms with E-state index in [2.05, 4.69) is 0 Å². The topological polar surface area (TPSA) is 78.9 Å². The fourth-order valence-corrected chi connectivity index (χ4v) is 3.99. The molecule has 118 valence electrons. The Kier molecular flexibility index (Phi) is 3.54. The summed E-state index contributed by atoms with van der Waals surface area (Å²) >= 11 is 0. The molecule has 3 rings (SSSR count). The molecule has 0 bridgehead atoms. The van der Waals surface area contributed by atoms with Gasteiger partial charge in [0.2, 0.25) is 0 Å². The number of Topliss-reactive ketones (excluding diaryl/α,β-unsaturated/α-hetero) is 1. The monoisotopic (exact) mass is 306 g/mol. The average molecular weight is 306 g/mol. The van der Waals surface area contributed by atoms with Gasteiger partial charge < -0.3 is 14.2 Å². The maximum atomic E-state index is 12.7. The van der Waals surface area contributed by atoms with Crippen LogP contribution in [0.1, 0.15) is 25.7 Å². The fourth-order valence-electron chi connectivity index (χ4n) is 3.99. The van der Waals surface area contributed by atoms with Gasteiger partial charge >= 0.3 is 11.9 Å². The van der Waals surface area contributed by atoms with Crippen LogP contribution >= 0.6 is 0 Å². The molecule has 0 saturated heterocycles. The van der Waals surface area contributed by atoms with E-state index in [1.807, 2.05) is 0 Å². The summed E-state index contributed by atoms with van der Waals surface area (Å²) in [4.78, 5) is 37.5. The molecule has 2 aliphatic carbocycles. The minimum absolute atomic E-state index is 0.104. The number of ketones is 1. The summed E-state index contributed by atoms with van der Waals surface area (Å²) in [6.45, 7) is 0.275. The van der Waals surface area contributed by atoms with E-state index in [0.29, 0.717) is 36.8 Å². The number of ether oxygens (including phenoxy) is 3. The Morgan fingerprint density at radius 1 is 1.23 bits per heavy atom. The van der Waals surface area contributed by atoms with Gasteiger partial charge in [-0.15, -0.1) is 0 Å². The van der Waals surface area contributed by atoms with E-state index in [1.165, 1.54) is 20.5 Å². The molecule has 1 fully saturated rings. The van der Waals surface area contributed by atoms with Gasteiger partial charge in [0.1, 0.15) is 12.0 Å². The molecule has 0 spiro atoms. The third kappa shape index (κ3) is 1.76. The minimum atomic E-state index is -1.37. The molecule has 1 heterocycles. The molecule has 0 radical (unpaired) electrons. The van der Waals surface area contributed by atoms with Gasteiger partial charge in [-0.05, 0) is 30.4 Å².